The Balaban J connectivity index is 2.75. The summed E-state index contributed by atoms with van der Waals surface area (Å²) >= 11 is 0. The van der Waals surface area contributed by atoms with Gasteiger partial charge in [0.15, 0.2) is 0 Å². The van der Waals surface area contributed by atoms with Crippen molar-refractivity contribution in [2.24, 2.45) is 41.4 Å². The highest BCUT2D eigenvalue weighted by molar-refractivity contribution is 5.99. The van der Waals surface area contributed by atoms with Crippen LogP contribution in [0.5, 0.6) is 0 Å². The predicted octanol–water partition coefficient (Wildman–Crippen LogP) is 2.43. The molecule has 0 unspecified atom stereocenters. The molecule has 376 valence electrons. The van der Waals surface area contributed by atoms with Crippen molar-refractivity contribution < 1.29 is 43.2 Å². The highest BCUT2D eigenvalue weighted by atomic mass is 16.2. The van der Waals surface area contributed by atoms with Crippen molar-refractivity contribution in [2.45, 2.75) is 203 Å². The molecule has 2 aliphatic heterocycles. The van der Waals surface area contributed by atoms with Crippen molar-refractivity contribution in [3.05, 3.63) is 0 Å². The van der Waals surface area contributed by atoms with Crippen molar-refractivity contribution in [1.82, 2.24) is 47.4 Å². The zero-order valence-corrected chi connectivity index (χ0v) is 42.5. The van der Waals surface area contributed by atoms with E-state index in [1.54, 1.807) is 34.6 Å². The van der Waals surface area contributed by atoms with Crippen LogP contribution in [0.15, 0.2) is 0 Å². The fourth-order valence-corrected chi connectivity index (χ4v) is 8.29. The molecule has 2 saturated heterocycles. The van der Waals surface area contributed by atoms with E-state index in [-0.39, 0.29) is 61.8 Å². The van der Waals surface area contributed by atoms with Crippen LogP contribution in [0.3, 0.4) is 0 Å². The van der Waals surface area contributed by atoms with Gasteiger partial charge in [0.25, 0.3) is 0 Å². The van der Waals surface area contributed by atoms with Crippen LogP contribution >= 0.6 is 0 Å². The average Bonchev–Trinajstić information content (AvgIpc) is 3.71. The molecule has 0 spiro atoms. The molecule has 2 rings (SSSR count). The van der Waals surface area contributed by atoms with Gasteiger partial charge in [-0.25, -0.2) is 0 Å². The van der Waals surface area contributed by atoms with Gasteiger partial charge < -0.3 is 47.4 Å². The number of hydrogen-bond donors (Lipinski definition) is 8. The molecule has 2 fully saturated rings. The van der Waals surface area contributed by atoms with E-state index < -0.39 is 119 Å². The van der Waals surface area contributed by atoms with Crippen molar-refractivity contribution in [3.8, 4) is 0 Å². The largest absolute Gasteiger partial charge is 0.343 e. The van der Waals surface area contributed by atoms with Crippen LogP contribution in [0, 0.1) is 41.4 Å². The molecule has 0 aromatic carbocycles. The van der Waals surface area contributed by atoms with Gasteiger partial charge in [-0.1, -0.05) is 103 Å². The molecule has 0 bridgehead atoms. The normalized spacial score (nSPS) is 28.3. The monoisotopic (exact) mass is 932 g/mol. The van der Waals surface area contributed by atoms with Gasteiger partial charge in [-0.15, -0.1) is 0 Å². The summed E-state index contributed by atoms with van der Waals surface area (Å²) in [5.41, 5.74) is 0. The van der Waals surface area contributed by atoms with Gasteiger partial charge >= 0.3 is 0 Å². The second-order valence-corrected chi connectivity index (χ2v) is 21.0. The molecule has 10 atom stereocenters. The summed E-state index contributed by atoms with van der Waals surface area (Å²) in [6.07, 6.45) is 2.13. The number of hydrogen-bond acceptors (Lipinski definition) is 9. The summed E-state index contributed by atoms with van der Waals surface area (Å²) in [4.78, 5) is 128. The summed E-state index contributed by atoms with van der Waals surface area (Å²) in [5.74, 6) is -7.04. The summed E-state index contributed by atoms with van der Waals surface area (Å²) in [6, 6.07) is -9.81. The molecule has 0 aliphatic carbocycles. The van der Waals surface area contributed by atoms with E-state index in [0.717, 1.165) is 0 Å². The number of amides is 9. The van der Waals surface area contributed by atoms with Crippen LogP contribution < -0.4 is 42.5 Å². The molecule has 66 heavy (non-hydrogen) atoms. The molecule has 9 amide bonds. The van der Waals surface area contributed by atoms with E-state index in [4.69, 9.17) is 0 Å². The van der Waals surface area contributed by atoms with Crippen molar-refractivity contribution in [3.63, 3.8) is 0 Å². The summed E-state index contributed by atoms with van der Waals surface area (Å²) in [7, 11) is 0. The molecule has 8 N–H and O–H groups in total. The molecule has 0 aromatic rings. The maximum absolute atomic E-state index is 14.4. The molecule has 18 nitrogen and oxygen atoms in total. The Kier molecular flexibility index (Phi) is 23.1. The Morgan fingerprint density at radius 3 is 1.20 bits per heavy atom. The third kappa shape index (κ3) is 17.5. The standard InChI is InChI=1S/C48H85N9O9/c1-16-30(14)39-47(65)49-31(15)40(58)50-32(20-24(2)3)41(59)51-33(21-25(4)5)42(60)54-37(28(10)11)45(63)52-34(22-26(6)7)43(61)55-38(29(12)13)46(64)53-35(23-27(8)9)48(66)57-19-17-18-36(57)44(62)56-39/h24-39H,16-23H2,1-15H3,(H,49,65)(H,50,58)(H,51,59)(H,52,63)(H,53,64)(H,54,60)(H,55,61)(H,56,62)/t30-,31-,32-,33-,34-,35-,36-,37-,38-,39-/m0/s1. The van der Waals surface area contributed by atoms with Crippen LogP contribution in [0.4, 0.5) is 0 Å². The fourth-order valence-electron chi connectivity index (χ4n) is 8.29. The average molecular weight is 932 g/mol. The van der Waals surface area contributed by atoms with Gasteiger partial charge in [0, 0.05) is 6.54 Å². The van der Waals surface area contributed by atoms with Gasteiger partial charge in [0.2, 0.25) is 53.2 Å². The Morgan fingerprint density at radius 2 is 0.788 bits per heavy atom. The predicted molar refractivity (Wildman–Crippen MR) is 253 cm³/mol. The highest BCUT2D eigenvalue weighted by Crippen LogP contribution is 2.22. The Hall–Kier alpha value is -4.77. The Bertz CT molecular complexity index is 1700. The first-order valence-electron chi connectivity index (χ1n) is 24.4. The SMILES string of the molecule is CC[C@H](C)[C@@H]1NC(=O)[C@@H]2CCCN2C(=O)[C@H](CC(C)C)NC(=O)[C@H](C(C)C)NC(=O)[C@H](CC(C)C)NC(=O)[C@H](C(C)C)NC(=O)[C@H](CC(C)C)NC(=O)[C@H](CC(C)C)NC(=O)[C@H](C)NC1=O. The third-order valence-electron chi connectivity index (χ3n) is 12.2. The van der Waals surface area contributed by atoms with Crippen molar-refractivity contribution in [2.75, 3.05) is 6.54 Å². The maximum atomic E-state index is 14.4. The van der Waals surface area contributed by atoms with Crippen LogP contribution in [0.1, 0.15) is 149 Å². The second kappa shape index (κ2) is 26.5. The van der Waals surface area contributed by atoms with Gasteiger partial charge in [-0.05, 0) is 86.9 Å². The quantitative estimate of drug-likeness (QED) is 0.143. The first-order chi connectivity index (χ1) is 30.7. The van der Waals surface area contributed by atoms with Crippen LogP contribution in [0.2, 0.25) is 0 Å². The lowest BCUT2D eigenvalue weighted by Gasteiger charge is -2.33. The van der Waals surface area contributed by atoms with Crippen LogP contribution in [-0.4, -0.2) is 119 Å². The van der Waals surface area contributed by atoms with Crippen LogP contribution in [0.25, 0.3) is 0 Å². The van der Waals surface area contributed by atoms with E-state index in [2.05, 4.69) is 42.5 Å². The fraction of sp³-hybridized carbons (Fsp3) is 0.812. The maximum Gasteiger partial charge on any atom is 0.245 e. The van der Waals surface area contributed by atoms with E-state index >= 15 is 0 Å². The molecule has 18 heteroatoms. The Labute approximate surface area is 393 Å². The first-order valence-corrected chi connectivity index (χ1v) is 24.4. The number of carbonyl (C=O) groups is 9. The van der Waals surface area contributed by atoms with E-state index in [1.165, 1.54) is 11.8 Å². The summed E-state index contributed by atoms with van der Waals surface area (Å²) in [6.45, 7) is 27.4. The summed E-state index contributed by atoms with van der Waals surface area (Å²) in [5, 5.41) is 22.5. The lowest BCUT2D eigenvalue weighted by molar-refractivity contribution is -0.143. The van der Waals surface area contributed by atoms with E-state index in [1.807, 2.05) is 62.3 Å². The molecule has 0 aromatic heterocycles. The molecular formula is C48H85N9O9. The molecule has 0 radical (unpaired) electrons. The first kappa shape index (κ1) is 57.4. The molecular weight excluding hydrogens is 847 g/mol. The zero-order chi connectivity index (χ0) is 50.3. The van der Waals surface area contributed by atoms with Gasteiger partial charge in [0.1, 0.15) is 54.4 Å². The highest BCUT2D eigenvalue weighted by Gasteiger charge is 2.42. The number of nitrogens with one attached hydrogen (secondary N) is 8. The van der Waals surface area contributed by atoms with Crippen molar-refractivity contribution >= 4 is 53.2 Å². The molecule has 2 heterocycles. The third-order valence-corrected chi connectivity index (χ3v) is 12.2. The minimum atomic E-state index is -1.15. The second-order valence-electron chi connectivity index (χ2n) is 21.0. The van der Waals surface area contributed by atoms with Gasteiger partial charge in [-0.2, -0.15) is 0 Å². The van der Waals surface area contributed by atoms with Crippen molar-refractivity contribution in [1.29, 1.82) is 0 Å². The zero-order valence-electron chi connectivity index (χ0n) is 42.5. The number of fused-ring (bicyclic) bond motifs is 1. The lowest BCUT2D eigenvalue weighted by Crippen LogP contribution is -2.61. The number of rotatable bonds is 12. The Morgan fingerprint density at radius 1 is 0.439 bits per heavy atom. The van der Waals surface area contributed by atoms with Gasteiger partial charge in [0.05, 0.1) is 0 Å². The topological polar surface area (TPSA) is 253 Å². The molecule has 0 saturated carbocycles. The van der Waals surface area contributed by atoms with E-state index in [0.29, 0.717) is 19.3 Å². The number of carbonyl (C=O) groups excluding carboxylic acids is 9. The lowest BCUT2D eigenvalue weighted by atomic mass is 9.96. The number of nitrogens with zero attached hydrogens (tertiary/aromatic N) is 1. The van der Waals surface area contributed by atoms with Crippen LogP contribution in [-0.2, 0) is 43.2 Å². The smallest absolute Gasteiger partial charge is 0.245 e. The van der Waals surface area contributed by atoms with Gasteiger partial charge in [-0.3, -0.25) is 43.2 Å². The summed E-state index contributed by atoms with van der Waals surface area (Å²) < 4.78 is 0. The minimum Gasteiger partial charge on any atom is -0.343 e. The van der Waals surface area contributed by atoms with E-state index in [9.17, 15) is 43.2 Å². The minimum absolute atomic E-state index is 0.0567. The molecule has 2 aliphatic rings.